The van der Waals surface area contributed by atoms with Crippen LogP contribution in [0.1, 0.15) is 77.6 Å². The Morgan fingerprint density at radius 1 is 0.829 bits per heavy atom. The van der Waals surface area contributed by atoms with Crippen molar-refractivity contribution in [3.63, 3.8) is 0 Å². The van der Waals surface area contributed by atoms with E-state index in [-0.39, 0.29) is 12.8 Å². The predicted octanol–water partition coefficient (Wildman–Crippen LogP) is 1.81. The highest BCUT2D eigenvalue weighted by Crippen LogP contribution is 2.47. The number of esters is 2. The fourth-order valence-electron chi connectivity index (χ4n) is 4.03. The molecular weight excluding hydrogens is 563 g/mol. The fourth-order valence-corrected chi connectivity index (χ4v) is 5.00. The van der Waals surface area contributed by atoms with Gasteiger partial charge in [-0.15, -0.1) is 6.58 Å². The van der Waals surface area contributed by atoms with E-state index < -0.39 is 75.7 Å². The van der Waals surface area contributed by atoms with Crippen molar-refractivity contribution < 1.29 is 63.1 Å². The van der Waals surface area contributed by atoms with Gasteiger partial charge in [0.25, 0.3) is 0 Å². The maximum absolute atomic E-state index is 12.5. The number of allylic oxidation sites excluding steroid dienone is 3. The summed E-state index contributed by atoms with van der Waals surface area (Å²) in [6.45, 7) is 4.50. The smallest absolute Gasteiger partial charge is 0.462 e. The molecule has 0 aromatic rings. The summed E-state index contributed by atoms with van der Waals surface area (Å²) < 4.78 is 32.7. The van der Waals surface area contributed by atoms with Crippen LogP contribution in [0.15, 0.2) is 24.8 Å². The van der Waals surface area contributed by atoms with Gasteiger partial charge in [0, 0.05) is 12.8 Å². The van der Waals surface area contributed by atoms with E-state index in [1.54, 1.807) is 6.08 Å². The largest absolute Gasteiger partial charge is 0.472 e. The summed E-state index contributed by atoms with van der Waals surface area (Å²) in [5.74, 6) is -1.19. The van der Waals surface area contributed by atoms with E-state index in [1.807, 2.05) is 12.2 Å². The number of carbonyl (C=O) groups is 2. The third-order valence-electron chi connectivity index (χ3n) is 6.44. The first-order valence-electron chi connectivity index (χ1n) is 14.1. The molecule has 0 aromatic heterocycles. The van der Waals surface area contributed by atoms with Gasteiger partial charge in [-0.25, -0.2) is 4.57 Å². The number of hydrogen-bond acceptors (Lipinski definition) is 12. The highest BCUT2D eigenvalue weighted by Gasteiger charge is 2.51. The van der Waals surface area contributed by atoms with Gasteiger partial charge in [0.1, 0.15) is 43.2 Å². The molecule has 1 aliphatic rings. The normalized spacial score (nSPS) is 26.8. The average Bonchev–Trinajstić information content (AvgIpc) is 2.94. The number of ether oxygens (including phenoxy) is 2. The lowest BCUT2D eigenvalue weighted by molar-refractivity contribution is -0.220. The van der Waals surface area contributed by atoms with Gasteiger partial charge < -0.3 is 39.9 Å². The number of rotatable bonds is 21. The molecule has 0 amide bonds. The standard InChI is InChI=1S/C27H47O13P/c1-3-5-7-9-11-13-15-20(28)37-17-19(39-21(29)16-14-12-10-8-6-4-2)18-38-41(35,36)40-27-25(33)23(31)22(30)24(32)26(27)34/h4,8,10,19,22-27,30-34H,2-3,5-7,9,11-18H2,1H3,(H,35,36)/b10-8+/t19-,22?,23-,24+,25-,26-,27?/m1/s1. The molecule has 0 bridgehead atoms. The van der Waals surface area contributed by atoms with Crippen LogP contribution in [0, 0.1) is 0 Å². The molecular formula is C27H47O13P. The molecule has 41 heavy (non-hydrogen) atoms. The molecule has 1 fully saturated rings. The minimum Gasteiger partial charge on any atom is -0.462 e. The lowest BCUT2D eigenvalue weighted by atomic mass is 9.85. The monoisotopic (exact) mass is 610 g/mol. The molecule has 1 aliphatic carbocycles. The second-order valence-electron chi connectivity index (χ2n) is 9.99. The summed E-state index contributed by atoms with van der Waals surface area (Å²) in [6.07, 6.45) is 0.0349. The quantitative estimate of drug-likeness (QED) is 0.0475. The Hall–Kier alpha value is -1.67. The summed E-state index contributed by atoms with van der Waals surface area (Å²) in [7, 11) is -5.09. The number of aliphatic hydroxyl groups is 5. The van der Waals surface area contributed by atoms with E-state index >= 15 is 0 Å². The molecule has 6 N–H and O–H groups in total. The Bertz CT molecular complexity index is 835. The minimum absolute atomic E-state index is 0.0203. The number of phosphoric acid groups is 1. The van der Waals surface area contributed by atoms with Crippen molar-refractivity contribution in [2.75, 3.05) is 13.2 Å². The summed E-state index contributed by atoms with van der Waals surface area (Å²) in [6, 6.07) is 0. The van der Waals surface area contributed by atoms with Gasteiger partial charge in [0.2, 0.25) is 0 Å². The van der Waals surface area contributed by atoms with Crippen LogP contribution in [0.4, 0.5) is 0 Å². The number of unbranched alkanes of at least 4 members (excludes halogenated alkanes) is 6. The first-order valence-corrected chi connectivity index (χ1v) is 15.6. The lowest BCUT2D eigenvalue weighted by Crippen LogP contribution is -2.64. The van der Waals surface area contributed by atoms with E-state index in [4.69, 9.17) is 18.5 Å². The van der Waals surface area contributed by atoms with E-state index in [0.717, 1.165) is 32.1 Å². The first-order chi connectivity index (χ1) is 19.4. The van der Waals surface area contributed by atoms with Crippen molar-refractivity contribution >= 4 is 19.8 Å². The Morgan fingerprint density at radius 3 is 2.05 bits per heavy atom. The van der Waals surface area contributed by atoms with Gasteiger partial charge >= 0.3 is 19.8 Å². The van der Waals surface area contributed by atoms with Gasteiger partial charge in [0.15, 0.2) is 6.10 Å². The molecule has 3 unspecified atom stereocenters. The number of aliphatic hydroxyl groups excluding tert-OH is 5. The molecule has 0 radical (unpaired) electrons. The molecule has 0 saturated heterocycles. The Morgan fingerprint density at radius 2 is 1.41 bits per heavy atom. The zero-order chi connectivity index (χ0) is 30.8. The van der Waals surface area contributed by atoms with Crippen LogP contribution in [0.5, 0.6) is 0 Å². The zero-order valence-corrected chi connectivity index (χ0v) is 24.6. The SMILES string of the molecule is C=CC/C=C/CCCC(=O)O[C@H](COC(=O)CCCCCCCC)COP(=O)(O)OC1[C@H](O)[C@H](O)C(O)[C@H](O)[C@H]1O. The van der Waals surface area contributed by atoms with Crippen LogP contribution in [-0.4, -0.2) is 98.3 Å². The van der Waals surface area contributed by atoms with Crippen molar-refractivity contribution in [3.05, 3.63) is 24.8 Å². The maximum atomic E-state index is 12.5. The van der Waals surface area contributed by atoms with E-state index in [1.165, 1.54) is 0 Å². The van der Waals surface area contributed by atoms with Crippen molar-refractivity contribution in [2.24, 2.45) is 0 Å². The predicted molar refractivity (Wildman–Crippen MR) is 147 cm³/mol. The molecule has 1 saturated carbocycles. The lowest BCUT2D eigenvalue weighted by Gasteiger charge is -2.41. The van der Waals surface area contributed by atoms with E-state index in [9.17, 15) is 44.6 Å². The molecule has 0 aliphatic heterocycles. The van der Waals surface area contributed by atoms with Crippen molar-refractivity contribution in [1.29, 1.82) is 0 Å². The summed E-state index contributed by atoms with van der Waals surface area (Å²) in [5, 5.41) is 49.4. The topological polar surface area (TPSA) is 210 Å². The van der Waals surface area contributed by atoms with Crippen molar-refractivity contribution in [1.82, 2.24) is 0 Å². The molecule has 0 spiro atoms. The summed E-state index contributed by atoms with van der Waals surface area (Å²) in [4.78, 5) is 34.7. The minimum atomic E-state index is -5.09. The van der Waals surface area contributed by atoms with Crippen molar-refractivity contribution in [2.45, 2.75) is 120 Å². The van der Waals surface area contributed by atoms with Gasteiger partial charge in [-0.3, -0.25) is 18.6 Å². The maximum Gasteiger partial charge on any atom is 0.472 e. The Labute approximate surface area is 241 Å². The summed E-state index contributed by atoms with van der Waals surface area (Å²) in [5.41, 5.74) is 0. The van der Waals surface area contributed by atoms with E-state index in [0.29, 0.717) is 25.7 Å². The molecule has 0 heterocycles. The highest BCUT2D eigenvalue weighted by atomic mass is 31.2. The van der Waals surface area contributed by atoms with Crippen LogP contribution in [0.3, 0.4) is 0 Å². The third kappa shape index (κ3) is 14.9. The first kappa shape index (κ1) is 37.4. The van der Waals surface area contributed by atoms with Crippen LogP contribution in [-0.2, 0) is 32.7 Å². The molecule has 0 aromatic carbocycles. The van der Waals surface area contributed by atoms with Crippen LogP contribution in [0.2, 0.25) is 0 Å². The zero-order valence-electron chi connectivity index (χ0n) is 23.7. The second kappa shape index (κ2) is 20.3. The van der Waals surface area contributed by atoms with E-state index in [2.05, 4.69) is 13.5 Å². The number of hydrogen-bond donors (Lipinski definition) is 6. The third-order valence-corrected chi connectivity index (χ3v) is 7.42. The van der Waals surface area contributed by atoms with Crippen LogP contribution < -0.4 is 0 Å². The molecule has 238 valence electrons. The van der Waals surface area contributed by atoms with Crippen molar-refractivity contribution in [3.8, 4) is 0 Å². The number of phosphoric ester groups is 1. The Balaban J connectivity index is 2.71. The highest BCUT2D eigenvalue weighted by molar-refractivity contribution is 7.47. The Kier molecular flexibility index (Phi) is 18.5. The number of carbonyl (C=O) groups excluding carboxylic acids is 2. The molecule has 13 nitrogen and oxygen atoms in total. The average molecular weight is 611 g/mol. The summed E-state index contributed by atoms with van der Waals surface area (Å²) >= 11 is 0. The van der Waals surface area contributed by atoms with Crippen LogP contribution in [0.25, 0.3) is 0 Å². The van der Waals surface area contributed by atoms with Gasteiger partial charge in [0.05, 0.1) is 6.61 Å². The molecule has 14 heteroatoms. The van der Waals surface area contributed by atoms with Crippen LogP contribution >= 0.6 is 7.82 Å². The second-order valence-corrected chi connectivity index (χ2v) is 11.4. The van der Waals surface area contributed by atoms with Gasteiger partial charge in [-0.1, -0.05) is 57.3 Å². The van der Waals surface area contributed by atoms with Gasteiger partial charge in [-0.05, 0) is 25.7 Å². The molecule has 1 rings (SSSR count). The molecule has 8 atom stereocenters. The fraction of sp³-hybridized carbons (Fsp3) is 0.778. The van der Waals surface area contributed by atoms with Gasteiger partial charge in [-0.2, -0.15) is 0 Å².